The molecule has 0 unspecified atom stereocenters. The normalized spacial score (nSPS) is 23.4. The summed E-state index contributed by atoms with van der Waals surface area (Å²) >= 11 is 0. The van der Waals surface area contributed by atoms with Gasteiger partial charge in [0.15, 0.2) is 0 Å². The molecule has 0 aliphatic carbocycles. The van der Waals surface area contributed by atoms with Crippen LogP contribution in [0.15, 0.2) is 0 Å². The molecule has 1 aliphatic heterocycles. The molecular formula is C11H25N3. The second kappa shape index (κ2) is 4.60. The van der Waals surface area contributed by atoms with Gasteiger partial charge in [0.05, 0.1) is 0 Å². The van der Waals surface area contributed by atoms with Crippen molar-refractivity contribution < 1.29 is 0 Å². The fraction of sp³-hybridized carbons (Fsp3) is 1.00. The molecule has 0 bridgehead atoms. The van der Waals surface area contributed by atoms with Gasteiger partial charge in [0.2, 0.25) is 0 Å². The molecule has 1 heterocycles. The molecule has 3 heteroatoms. The van der Waals surface area contributed by atoms with Gasteiger partial charge in [-0.1, -0.05) is 0 Å². The maximum atomic E-state index is 5.90. The minimum Gasteiger partial charge on any atom is -0.329 e. The van der Waals surface area contributed by atoms with Crippen molar-refractivity contribution >= 4 is 0 Å². The summed E-state index contributed by atoms with van der Waals surface area (Å²) in [6, 6.07) is 0.674. The van der Waals surface area contributed by atoms with E-state index in [4.69, 9.17) is 5.73 Å². The summed E-state index contributed by atoms with van der Waals surface area (Å²) in [5.41, 5.74) is 6.16. The van der Waals surface area contributed by atoms with Crippen LogP contribution >= 0.6 is 0 Å². The smallest absolute Gasteiger partial charge is 0.0349 e. The number of nitrogens with two attached hydrogens (primary N) is 1. The van der Waals surface area contributed by atoms with E-state index in [0.717, 1.165) is 6.54 Å². The number of hydrogen-bond donors (Lipinski definition) is 1. The Labute approximate surface area is 88.2 Å². The highest BCUT2D eigenvalue weighted by atomic mass is 15.2. The Morgan fingerprint density at radius 3 is 2.07 bits per heavy atom. The number of likely N-dealkylation sites (N-methyl/N-ethyl adjacent to an activating group) is 1. The van der Waals surface area contributed by atoms with Crippen molar-refractivity contribution in [2.75, 3.05) is 33.7 Å². The number of rotatable bonds is 3. The molecule has 1 rings (SSSR count). The van der Waals surface area contributed by atoms with E-state index in [0.29, 0.717) is 6.04 Å². The van der Waals surface area contributed by atoms with Gasteiger partial charge in [0, 0.05) is 31.2 Å². The standard InChI is InChI=1S/C11H25N3/c1-10(2)14-7-5-11(9-12,6-8-14)13(3)4/h10H,5-9,12H2,1-4H3. The van der Waals surface area contributed by atoms with E-state index >= 15 is 0 Å². The van der Waals surface area contributed by atoms with Crippen LogP contribution in [0, 0.1) is 0 Å². The van der Waals surface area contributed by atoms with Crippen LogP contribution in [0.4, 0.5) is 0 Å². The van der Waals surface area contributed by atoms with Crippen molar-refractivity contribution in [2.45, 2.75) is 38.3 Å². The molecule has 1 saturated heterocycles. The molecule has 0 atom stereocenters. The molecule has 84 valence electrons. The summed E-state index contributed by atoms with van der Waals surface area (Å²) in [5, 5.41) is 0. The molecule has 0 aromatic carbocycles. The Bertz CT molecular complexity index is 169. The van der Waals surface area contributed by atoms with Crippen molar-refractivity contribution in [2.24, 2.45) is 5.73 Å². The van der Waals surface area contributed by atoms with Gasteiger partial charge in [-0.05, 0) is 40.8 Å². The first-order valence-electron chi connectivity index (χ1n) is 5.63. The lowest BCUT2D eigenvalue weighted by Crippen LogP contribution is -2.57. The van der Waals surface area contributed by atoms with Gasteiger partial charge in [-0.15, -0.1) is 0 Å². The highest BCUT2D eigenvalue weighted by Gasteiger charge is 2.35. The fourth-order valence-electron chi connectivity index (χ4n) is 2.29. The Morgan fingerprint density at radius 2 is 1.79 bits per heavy atom. The SMILES string of the molecule is CC(C)N1CCC(CN)(N(C)C)CC1. The van der Waals surface area contributed by atoms with Crippen LogP contribution in [0.2, 0.25) is 0 Å². The Balaban J connectivity index is 2.55. The monoisotopic (exact) mass is 199 g/mol. The highest BCUT2D eigenvalue weighted by molar-refractivity contribution is 4.94. The van der Waals surface area contributed by atoms with Crippen LogP contribution in [-0.2, 0) is 0 Å². The predicted octanol–water partition coefficient (Wildman–Crippen LogP) is 0.750. The molecule has 2 N–H and O–H groups in total. The highest BCUT2D eigenvalue weighted by Crippen LogP contribution is 2.26. The topological polar surface area (TPSA) is 32.5 Å². The number of piperidine rings is 1. The molecule has 0 aromatic heterocycles. The first kappa shape index (κ1) is 12.0. The van der Waals surface area contributed by atoms with Crippen molar-refractivity contribution in [1.29, 1.82) is 0 Å². The van der Waals surface area contributed by atoms with Gasteiger partial charge < -0.3 is 15.5 Å². The van der Waals surface area contributed by atoms with Crippen LogP contribution in [0.25, 0.3) is 0 Å². The maximum absolute atomic E-state index is 5.90. The molecule has 1 aliphatic rings. The van der Waals surface area contributed by atoms with Gasteiger partial charge in [-0.25, -0.2) is 0 Å². The maximum Gasteiger partial charge on any atom is 0.0349 e. The van der Waals surface area contributed by atoms with Crippen LogP contribution in [-0.4, -0.2) is 55.1 Å². The number of nitrogens with zero attached hydrogens (tertiary/aromatic N) is 2. The third-order valence-electron chi connectivity index (χ3n) is 3.79. The zero-order valence-electron chi connectivity index (χ0n) is 10.1. The van der Waals surface area contributed by atoms with E-state index in [-0.39, 0.29) is 5.54 Å². The summed E-state index contributed by atoms with van der Waals surface area (Å²) < 4.78 is 0. The van der Waals surface area contributed by atoms with Crippen LogP contribution < -0.4 is 5.73 Å². The second-order valence-electron chi connectivity index (χ2n) is 4.95. The summed E-state index contributed by atoms with van der Waals surface area (Å²) in [6.45, 7) is 7.70. The van der Waals surface area contributed by atoms with Gasteiger partial charge in [-0.3, -0.25) is 0 Å². The molecular weight excluding hydrogens is 174 g/mol. The van der Waals surface area contributed by atoms with E-state index < -0.39 is 0 Å². The molecule has 0 spiro atoms. The minimum atomic E-state index is 0.255. The summed E-state index contributed by atoms with van der Waals surface area (Å²) in [7, 11) is 4.30. The van der Waals surface area contributed by atoms with Crippen molar-refractivity contribution in [3.05, 3.63) is 0 Å². The molecule has 0 radical (unpaired) electrons. The van der Waals surface area contributed by atoms with Crippen LogP contribution in [0.3, 0.4) is 0 Å². The first-order chi connectivity index (χ1) is 6.52. The Kier molecular flexibility index (Phi) is 3.93. The predicted molar refractivity (Wildman–Crippen MR) is 61.4 cm³/mol. The number of hydrogen-bond acceptors (Lipinski definition) is 3. The van der Waals surface area contributed by atoms with E-state index in [1.54, 1.807) is 0 Å². The lowest BCUT2D eigenvalue weighted by Gasteiger charge is -2.46. The van der Waals surface area contributed by atoms with Gasteiger partial charge in [-0.2, -0.15) is 0 Å². The summed E-state index contributed by atoms with van der Waals surface area (Å²) in [6.07, 6.45) is 2.41. The largest absolute Gasteiger partial charge is 0.329 e. The van der Waals surface area contributed by atoms with E-state index in [1.807, 2.05) is 0 Å². The fourth-order valence-corrected chi connectivity index (χ4v) is 2.29. The van der Waals surface area contributed by atoms with Crippen LogP contribution in [0.1, 0.15) is 26.7 Å². The summed E-state index contributed by atoms with van der Waals surface area (Å²) in [4.78, 5) is 4.85. The molecule has 3 nitrogen and oxygen atoms in total. The quantitative estimate of drug-likeness (QED) is 0.728. The molecule has 0 aromatic rings. The van der Waals surface area contributed by atoms with Crippen molar-refractivity contribution in [3.63, 3.8) is 0 Å². The first-order valence-corrected chi connectivity index (χ1v) is 5.63. The van der Waals surface area contributed by atoms with Crippen molar-refractivity contribution in [1.82, 2.24) is 9.80 Å². The zero-order chi connectivity index (χ0) is 10.8. The van der Waals surface area contributed by atoms with E-state index in [9.17, 15) is 0 Å². The third kappa shape index (κ3) is 2.27. The lowest BCUT2D eigenvalue weighted by molar-refractivity contribution is 0.0500. The second-order valence-corrected chi connectivity index (χ2v) is 4.95. The van der Waals surface area contributed by atoms with E-state index in [1.165, 1.54) is 25.9 Å². The molecule has 14 heavy (non-hydrogen) atoms. The minimum absolute atomic E-state index is 0.255. The lowest BCUT2D eigenvalue weighted by atomic mass is 9.86. The third-order valence-corrected chi connectivity index (χ3v) is 3.79. The molecule has 1 fully saturated rings. The summed E-state index contributed by atoms with van der Waals surface area (Å²) in [5.74, 6) is 0. The van der Waals surface area contributed by atoms with Gasteiger partial charge in [0.1, 0.15) is 0 Å². The van der Waals surface area contributed by atoms with Crippen LogP contribution in [0.5, 0.6) is 0 Å². The van der Waals surface area contributed by atoms with Gasteiger partial charge >= 0.3 is 0 Å². The van der Waals surface area contributed by atoms with E-state index in [2.05, 4.69) is 37.7 Å². The molecule has 0 saturated carbocycles. The Hall–Kier alpha value is -0.120. The average Bonchev–Trinajstić information content (AvgIpc) is 2.17. The van der Waals surface area contributed by atoms with Gasteiger partial charge in [0.25, 0.3) is 0 Å². The Morgan fingerprint density at radius 1 is 1.29 bits per heavy atom. The average molecular weight is 199 g/mol. The zero-order valence-corrected chi connectivity index (χ0v) is 10.1. The molecule has 0 amide bonds. The van der Waals surface area contributed by atoms with Crippen molar-refractivity contribution in [3.8, 4) is 0 Å². The number of likely N-dealkylation sites (tertiary alicyclic amines) is 1.